The summed E-state index contributed by atoms with van der Waals surface area (Å²) >= 11 is 1.28. The van der Waals surface area contributed by atoms with E-state index in [1.807, 2.05) is 5.38 Å². The number of hydrogen-bond donors (Lipinski definition) is 0. The standard InChI is InChI=1S/C11H12N2O3S/c1-14-7-4-9(15-2)11(10(5-7)16-3)8-6-17-13-12-8/h4-6H,1-3H3. The van der Waals surface area contributed by atoms with Gasteiger partial charge < -0.3 is 14.2 Å². The van der Waals surface area contributed by atoms with Gasteiger partial charge in [-0.05, 0) is 11.5 Å². The van der Waals surface area contributed by atoms with Gasteiger partial charge in [0.1, 0.15) is 22.9 Å². The lowest BCUT2D eigenvalue weighted by molar-refractivity contribution is 0.377. The van der Waals surface area contributed by atoms with Crippen LogP contribution in [0.3, 0.4) is 0 Å². The molecule has 0 aliphatic rings. The van der Waals surface area contributed by atoms with Gasteiger partial charge in [0.15, 0.2) is 0 Å². The molecular formula is C11H12N2O3S. The molecule has 0 saturated heterocycles. The van der Waals surface area contributed by atoms with Crippen molar-refractivity contribution < 1.29 is 14.2 Å². The van der Waals surface area contributed by atoms with E-state index in [9.17, 15) is 0 Å². The van der Waals surface area contributed by atoms with Gasteiger partial charge in [-0.25, -0.2) is 0 Å². The topological polar surface area (TPSA) is 53.5 Å². The zero-order chi connectivity index (χ0) is 12.3. The molecule has 0 aliphatic heterocycles. The molecule has 6 heteroatoms. The highest BCUT2D eigenvalue weighted by Crippen LogP contribution is 2.40. The third-order valence-electron chi connectivity index (χ3n) is 2.33. The molecule has 0 N–H and O–H groups in total. The van der Waals surface area contributed by atoms with Crippen LogP contribution >= 0.6 is 11.5 Å². The predicted octanol–water partition coefficient (Wildman–Crippen LogP) is 2.23. The van der Waals surface area contributed by atoms with E-state index in [-0.39, 0.29) is 0 Å². The third kappa shape index (κ3) is 2.16. The SMILES string of the molecule is COc1cc(OC)c(-c2csnn2)c(OC)c1. The molecule has 0 atom stereocenters. The molecule has 0 amide bonds. The van der Waals surface area contributed by atoms with Crippen LogP contribution in [0.25, 0.3) is 11.3 Å². The number of methoxy groups -OCH3 is 3. The number of aromatic nitrogens is 2. The van der Waals surface area contributed by atoms with E-state index in [4.69, 9.17) is 14.2 Å². The minimum atomic E-state index is 0.647. The van der Waals surface area contributed by atoms with Crippen molar-refractivity contribution in [1.29, 1.82) is 0 Å². The van der Waals surface area contributed by atoms with Crippen molar-refractivity contribution in [3.8, 4) is 28.5 Å². The Morgan fingerprint density at radius 1 is 1.00 bits per heavy atom. The van der Waals surface area contributed by atoms with E-state index in [0.29, 0.717) is 17.2 Å². The van der Waals surface area contributed by atoms with Crippen LogP contribution in [0.15, 0.2) is 17.5 Å². The van der Waals surface area contributed by atoms with Gasteiger partial charge >= 0.3 is 0 Å². The molecule has 90 valence electrons. The maximum atomic E-state index is 5.33. The fourth-order valence-corrected chi connectivity index (χ4v) is 1.98. The molecule has 0 unspecified atom stereocenters. The normalized spacial score (nSPS) is 10.1. The average molecular weight is 252 g/mol. The molecule has 2 aromatic rings. The quantitative estimate of drug-likeness (QED) is 0.835. The lowest BCUT2D eigenvalue weighted by atomic mass is 10.1. The third-order valence-corrected chi connectivity index (χ3v) is 2.84. The summed E-state index contributed by atoms with van der Waals surface area (Å²) < 4.78 is 19.7. The van der Waals surface area contributed by atoms with Gasteiger partial charge in [0, 0.05) is 17.5 Å². The first-order valence-corrected chi connectivity index (χ1v) is 5.71. The molecule has 0 aliphatic carbocycles. The molecule has 0 bridgehead atoms. The Balaban J connectivity index is 2.63. The van der Waals surface area contributed by atoms with Crippen molar-refractivity contribution in [2.75, 3.05) is 21.3 Å². The van der Waals surface area contributed by atoms with E-state index in [1.54, 1.807) is 33.5 Å². The van der Waals surface area contributed by atoms with Gasteiger partial charge in [-0.15, -0.1) is 5.10 Å². The van der Waals surface area contributed by atoms with Gasteiger partial charge in [-0.1, -0.05) is 4.49 Å². The summed E-state index contributed by atoms with van der Waals surface area (Å²) in [6, 6.07) is 3.58. The van der Waals surface area contributed by atoms with Crippen molar-refractivity contribution in [2.45, 2.75) is 0 Å². The second-order valence-corrected chi connectivity index (χ2v) is 3.81. The van der Waals surface area contributed by atoms with E-state index >= 15 is 0 Å². The van der Waals surface area contributed by atoms with Crippen LogP contribution in [0.4, 0.5) is 0 Å². The summed E-state index contributed by atoms with van der Waals surface area (Å²) in [6.45, 7) is 0. The lowest BCUT2D eigenvalue weighted by Crippen LogP contribution is -1.95. The lowest BCUT2D eigenvalue weighted by Gasteiger charge is -2.13. The molecule has 0 fully saturated rings. The van der Waals surface area contributed by atoms with E-state index in [0.717, 1.165) is 11.3 Å². The van der Waals surface area contributed by atoms with E-state index in [2.05, 4.69) is 9.59 Å². The van der Waals surface area contributed by atoms with E-state index < -0.39 is 0 Å². The minimum absolute atomic E-state index is 0.647. The number of benzene rings is 1. The highest BCUT2D eigenvalue weighted by Gasteiger charge is 2.17. The molecule has 5 nitrogen and oxygen atoms in total. The molecule has 0 spiro atoms. The zero-order valence-corrected chi connectivity index (χ0v) is 10.6. The number of rotatable bonds is 4. The fourth-order valence-electron chi connectivity index (χ4n) is 1.53. The zero-order valence-electron chi connectivity index (χ0n) is 9.76. The van der Waals surface area contributed by atoms with Crippen LogP contribution in [0.1, 0.15) is 0 Å². The highest BCUT2D eigenvalue weighted by molar-refractivity contribution is 7.03. The smallest absolute Gasteiger partial charge is 0.135 e. The van der Waals surface area contributed by atoms with Crippen LogP contribution in [-0.4, -0.2) is 30.9 Å². The highest BCUT2D eigenvalue weighted by atomic mass is 32.1. The monoisotopic (exact) mass is 252 g/mol. The van der Waals surface area contributed by atoms with Crippen LogP contribution in [0.5, 0.6) is 17.2 Å². The van der Waals surface area contributed by atoms with Gasteiger partial charge in [0.05, 0.1) is 26.9 Å². The van der Waals surface area contributed by atoms with Crippen molar-refractivity contribution >= 4 is 11.5 Å². The van der Waals surface area contributed by atoms with Gasteiger partial charge in [0.25, 0.3) is 0 Å². The molecular weight excluding hydrogens is 240 g/mol. The summed E-state index contributed by atoms with van der Waals surface area (Å²) in [5.41, 5.74) is 1.51. The summed E-state index contributed by atoms with van der Waals surface area (Å²) in [5, 5.41) is 5.87. The maximum absolute atomic E-state index is 5.33. The Morgan fingerprint density at radius 3 is 2.06 bits per heavy atom. The summed E-state index contributed by atoms with van der Waals surface area (Å²) in [5.74, 6) is 1.97. The largest absolute Gasteiger partial charge is 0.496 e. The van der Waals surface area contributed by atoms with Crippen molar-refractivity contribution in [1.82, 2.24) is 9.59 Å². The minimum Gasteiger partial charge on any atom is -0.496 e. The molecule has 0 radical (unpaired) electrons. The van der Waals surface area contributed by atoms with Gasteiger partial charge in [0.2, 0.25) is 0 Å². The maximum Gasteiger partial charge on any atom is 0.135 e. The second kappa shape index (κ2) is 5.01. The first kappa shape index (κ1) is 11.7. The fraction of sp³-hybridized carbons (Fsp3) is 0.273. The molecule has 17 heavy (non-hydrogen) atoms. The summed E-state index contributed by atoms with van der Waals surface area (Å²) in [7, 11) is 4.79. The molecule has 1 heterocycles. The summed E-state index contributed by atoms with van der Waals surface area (Å²) in [4.78, 5) is 0. The van der Waals surface area contributed by atoms with Crippen molar-refractivity contribution in [2.24, 2.45) is 0 Å². The van der Waals surface area contributed by atoms with Crippen molar-refractivity contribution in [3.05, 3.63) is 17.5 Å². The van der Waals surface area contributed by atoms with Crippen LogP contribution in [-0.2, 0) is 0 Å². The predicted molar refractivity (Wildman–Crippen MR) is 65.0 cm³/mol. The molecule has 2 rings (SSSR count). The first-order valence-electron chi connectivity index (χ1n) is 4.87. The molecule has 1 aromatic carbocycles. The van der Waals surface area contributed by atoms with Gasteiger partial charge in [-0.3, -0.25) is 0 Å². The number of ether oxygens (including phenoxy) is 3. The number of hydrogen-bond acceptors (Lipinski definition) is 6. The van der Waals surface area contributed by atoms with Crippen LogP contribution in [0.2, 0.25) is 0 Å². The molecule has 1 aromatic heterocycles. The Kier molecular flexibility index (Phi) is 3.43. The average Bonchev–Trinajstić information content (AvgIpc) is 2.90. The number of nitrogens with zero attached hydrogens (tertiary/aromatic N) is 2. The first-order chi connectivity index (χ1) is 8.30. The molecule has 0 saturated carbocycles. The summed E-state index contributed by atoms with van der Waals surface area (Å²) in [6.07, 6.45) is 0. The van der Waals surface area contributed by atoms with Gasteiger partial charge in [-0.2, -0.15) is 0 Å². The van der Waals surface area contributed by atoms with Crippen molar-refractivity contribution in [3.63, 3.8) is 0 Å². The second-order valence-electron chi connectivity index (χ2n) is 3.20. The Hall–Kier alpha value is -1.82. The Labute approximate surface area is 103 Å². The van der Waals surface area contributed by atoms with Crippen LogP contribution in [0, 0.1) is 0 Å². The van der Waals surface area contributed by atoms with Crippen LogP contribution < -0.4 is 14.2 Å². The Morgan fingerprint density at radius 2 is 1.65 bits per heavy atom. The Bertz CT molecular complexity index is 474. The van der Waals surface area contributed by atoms with E-state index in [1.165, 1.54) is 11.5 Å².